The van der Waals surface area contributed by atoms with Crippen LogP contribution in [0.25, 0.3) is 0 Å². The number of hydrogen-bond donors (Lipinski definition) is 2. The van der Waals surface area contributed by atoms with Gasteiger partial charge in [0.05, 0.1) is 10.6 Å². The van der Waals surface area contributed by atoms with Gasteiger partial charge in [-0.3, -0.25) is 19.7 Å². The molecule has 1 aromatic carbocycles. The standard InChI is InChI=1S/C13H15N3O4/c1-7(17)14-12-9(16(19)20)5-4-8-11(12)15-10(18)6-13(8,2)3/h4-5H,6H2,1-3H3,(H,14,17)(H,15,18). The Morgan fingerprint density at radius 2 is 2.10 bits per heavy atom. The molecule has 1 aliphatic heterocycles. The van der Waals surface area contributed by atoms with Gasteiger partial charge in [0.2, 0.25) is 11.8 Å². The van der Waals surface area contributed by atoms with Crippen LogP contribution in [0.4, 0.5) is 17.1 Å². The zero-order valence-electron chi connectivity index (χ0n) is 11.4. The normalized spacial score (nSPS) is 16.1. The summed E-state index contributed by atoms with van der Waals surface area (Å²) in [6, 6.07) is 2.97. The first-order valence-electron chi connectivity index (χ1n) is 6.11. The molecule has 0 aromatic heterocycles. The van der Waals surface area contributed by atoms with Gasteiger partial charge < -0.3 is 10.6 Å². The molecule has 0 saturated heterocycles. The van der Waals surface area contributed by atoms with Crippen LogP contribution in [-0.4, -0.2) is 16.7 Å². The van der Waals surface area contributed by atoms with Crippen molar-refractivity contribution in [2.24, 2.45) is 0 Å². The van der Waals surface area contributed by atoms with E-state index in [1.807, 2.05) is 13.8 Å². The lowest BCUT2D eigenvalue weighted by Crippen LogP contribution is -2.33. The zero-order valence-corrected chi connectivity index (χ0v) is 11.4. The topological polar surface area (TPSA) is 101 Å². The minimum atomic E-state index is -0.584. The number of rotatable bonds is 2. The average molecular weight is 277 g/mol. The van der Waals surface area contributed by atoms with E-state index in [0.717, 1.165) is 5.56 Å². The maximum absolute atomic E-state index is 11.8. The van der Waals surface area contributed by atoms with E-state index in [1.54, 1.807) is 6.07 Å². The van der Waals surface area contributed by atoms with E-state index in [0.29, 0.717) is 5.69 Å². The van der Waals surface area contributed by atoms with Gasteiger partial charge in [0.25, 0.3) is 5.69 Å². The number of amides is 2. The van der Waals surface area contributed by atoms with Crippen LogP contribution in [0.1, 0.15) is 32.8 Å². The molecule has 7 heteroatoms. The third kappa shape index (κ3) is 2.34. The predicted molar refractivity (Wildman–Crippen MR) is 73.7 cm³/mol. The first-order valence-corrected chi connectivity index (χ1v) is 6.11. The Hall–Kier alpha value is -2.44. The molecule has 0 radical (unpaired) electrons. The van der Waals surface area contributed by atoms with Gasteiger partial charge in [0.1, 0.15) is 5.69 Å². The Balaban J connectivity index is 2.71. The fourth-order valence-corrected chi connectivity index (χ4v) is 2.42. The van der Waals surface area contributed by atoms with E-state index >= 15 is 0 Å². The van der Waals surface area contributed by atoms with Crippen molar-refractivity contribution in [2.75, 3.05) is 10.6 Å². The molecule has 2 N–H and O–H groups in total. The summed E-state index contributed by atoms with van der Waals surface area (Å²) in [4.78, 5) is 33.5. The molecule has 2 rings (SSSR count). The van der Waals surface area contributed by atoms with E-state index in [4.69, 9.17) is 0 Å². The summed E-state index contributed by atoms with van der Waals surface area (Å²) in [5.41, 5.74) is 0.445. The van der Waals surface area contributed by atoms with Gasteiger partial charge in [0.15, 0.2) is 0 Å². The quantitative estimate of drug-likeness (QED) is 0.638. The molecule has 1 heterocycles. The number of carbonyl (C=O) groups is 2. The van der Waals surface area contributed by atoms with Crippen molar-refractivity contribution in [2.45, 2.75) is 32.6 Å². The lowest BCUT2D eigenvalue weighted by Gasteiger charge is -2.33. The van der Waals surface area contributed by atoms with Crippen molar-refractivity contribution < 1.29 is 14.5 Å². The van der Waals surface area contributed by atoms with Gasteiger partial charge in [0, 0.05) is 24.8 Å². The number of carbonyl (C=O) groups excluding carboxylic acids is 2. The fourth-order valence-electron chi connectivity index (χ4n) is 2.42. The first kappa shape index (κ1) is 14.0. The van der Waals surface area contributed by atoms with Crippen LogP contribution in [0, 0.1) is 10.1 Å². The molecule has 0 atom stereocenters. The lowest BCUT2D eigenvalue weighted by molar-refractivity contribution is -0.383. The molecule has 0 aliphatic carbocycles. The van der Waals surface area contributed by atoms with E-state index in [1.165, 1.54) is 13.0 Å². The SMILES string of the molecule is CC(=O)Nc1c([N+](=O)[O-])ccc2c1NC(=O)CC2(C)C. The molecular weight excluding hydrogens is 262 g/mol. The van der Waals surface area contributed by atoms with Crippen molar-refractivity contribution in [3.05, 3.63) is 27.8 Å². The number of anilines is 2. The van der Waals surface area contributed by atoms with Gasteiger partial charge in [-0.2, -0.15) is 0 Å². The molecule has 20 heavy (non-hydrogen) atoms. The van der Waals surface area contributed by atoms with Crippen LogP contribution in [0.3, 0.4) is 0 Å². The highest BCUT2D eigenvalue weighted by atomic mass is 16.6. The van der Waals surface area contributed by atoms with Gasteiger partial charge in [-0.15, -0.1) is 0 Å². The largest absolute Gasteiger partial charge is 0.324 e. The Bertz CT molecular complexity index is 622. The Labute approximate surface area is 115 Å². The maximum Gasteiger partial charge on any atom is 0.294 e. The third-order valence-electron chi connectivity index (χ3n) is 3.28. The minimum absolute atomic E-state index is 0.0427. The smallest absolute Gasteiger partial charge is 0.294 e. The second-order valence-corrected chi connectivity index (χ2v) is 5.43. The van der Waals surface area contributed by atoms with Crippen molar-refractivity contribution >= 4 is 28.9 Å². The summed E-state index contributed by atoms with van der Waals surface area (Å²) in [5.74, 6) is -0.659. The first-order chi connectivity index (χ1) is 9.22. The average Bonchev–Trinajstić information content (AvgIpc) is 2.27. The molecule has 0 unspecified atom stereocenters. The molecule has 0 fully saturated rings. The molecule has 0 saturated carbocycles. The van der Waals surface area contributed by atoms with Crippen LogP contribution in [0.5, 0.6) is 0 Å². The van der Waals surface area contributed by atoms with Crippen LogP contribution in [0.15, 0.2) is 12.1 Å². The predicted octanol–water partition coefficient (Wildman–Crippen LogP) is 2.17. The highest BCUT2D eigenvalue weighted by molar-refractivity contribution is 6.05. The third-order valence-corrected chi connectivity index (χ3v) is 3.28. The van der Waals surface area contributed by atoms with Gasteiger partial charge in [-0.05, 0) is 11.6 Å². The number of benzene rings is 1. The molecule has 0 bridgehead atoms. The minimum Gasteiger partial charge on any atom is -0.324 e. The number of hydrogen-bond acceptors (Lipinski definition) is 4. The second-order valence-electron chi connectivity index (χ2n) is 5.43. The van der Waals surface area contributed by atoms with E-state index < -0.39 is 16.2 Å². The number of fused-ring (bicyclic) bond motifs is 1. The molecule has 1 aliphatic rings. The maximum atomic E-state index is 11.8. The molecule has 0 spiro atoms. The number of nitro benzene ring substituents is 1. The fraction of sp³-hybridized carbons (Fsp3) is 0.385. The van der Waals surface area contributed by atoms with Crippen molar-refractivity contribution in [3.63, 3.8) is 0 Å². The molecule has 2 amide bonds. The Morgan fingerprint density at radius 1 is 1.45 bits per heavy atom. The summed E-state index contributed by atoms with van der Waals surface area (Å²) in [6.07, 6.45) is 0.289. The van der Waals surface area contributed by atoms with Crippen molar-refractivity contribution in [1.82, 2.24) is 0 Å². The molecule has 7 nitrogen and oxygen atoms in total. The van der Waals surface area contributed by atoms with Gasteiger partial charge >= 0.3 is 0 Å². The number of nitro groups is 1. The lowest BCUT2D eigenvalue weighted by atomic mass is 9.77. The van der Waals surface area contributed by atoms with Crippen LogP contribution < -0.4 is 10.6 Å². The zero-order chi connectivity index (χ0) is 15.1. The summed E-state index contributed by atoms with van der Waals surface area (Å²) < 4.78 is 0. The highest BCUT2D eigenvalue weighted by Gasteiger charge is 2.36. The summed E-state index contributed by atoms with van der Waals surface area (Å²) in [7, 11) is 0. The van der Waals surface area contributed by atoms with Crippen molar-refractivity contribution in [1.29, 1.82) is 0 Å². The second kappa shape index (κ2) is 4.59. The molecule has 1 aromatic rings. The van der Waals surface area contributed by atoms with Gasteiger partial charge in [-0.25, -0.2) is 0 Å². The van der Waals surface area contributed by atoms with Crippen LogP contribution in [-0.2, 0) is 15.0 Å². The number of nitrogens with zero attached hydrogens (tertiary/aromatic N) is 1. The Kier molecular flexibility index (Phi) is 3.21. The van der Waals surface area contributed by atoms with E-state index in [-0.39, 0.29) is 23.7 Å². The Morgan fingerprint density at radius 3 is 2.65 bits per heavy atom. The summed E-state index contributed by atoms with van der Waals surface area (Å²) in [5, 5.41) is 16.1. The molecular formula is C13H15N3O4. The van der Waals surface area contributed by atoms with Crippen LogP contribution >= 0.6 is 0 Å². The van der Waals surface area contributed by atoms with Gasteiger partial charge in [-0.1, -0.05) is 13.8 Å². The monoisotopic (exact) mass is 277 g/mol. The van der Waals surface area contributed by atoms with Crippen molar-refractivity contribution in [3.8, 4) is 0 Å². The van der Waals surface area contributed by atoms with E-state index in [9.17, 15) is 19.7 Å². The number of nitrogens with one attached hydrogen (secondary N) is 2. The molecule has 106 valence electrons. The van der Waals surface area contributed by atoms with Crippen LogP contribution in [0.2, 0.25) is 0 Å². The summed E-state index contributed by atoms with van der Waals surface area (Å²) >= 11 is 0. The summed E-state index contributed by atoms with van der Waals surface area (Å²) in [6.45, 7) is 5.03. The van der Waals surface area contributed by atoms with E-state index in [2.05, 4.69) is 10.6 Å². The highest BCUT2D eigenvalue weighted by Crippen LogP contribution is 2.44.